The molecule has 0 aromatic carbocycles. The lowest BCUT2D eigenvalue weighted by molar-refractivity contribution is -0.182. The van der Waals surface area contributed by atoms with Crippen LogP contribution in [-0.2, 0) is 52.7 Å². The summed E-state index contributed by atoms with van der Waals surface area (Å²) in [6.07, 6.45) is 7.05. The second-order valence-electron chi connectivity index (χ2n) is 29.4. The van der Waals surface area contributed by atoms with Gasteiger partial charge in [-0.1, -0.05) is 105 Å². The predicted molar refractivity (Wildman–Crippen MR) is 348 cm³/mol. The summed E-state index contributed by atoms with van der Waals surface area (Å²) in [4.78, 5) is 172. The quantitative estimate of drug-likeness (QED) is 0.177. The lowest BCUT2D eigenvalue weighted by atomic mass is 9.78. The molecule has 7 aliphatic rings. The lowest BCUT2D eigenvalue weighted by Crippen LogP contribution is -2.65. The van der Waals surface area contributed by atoms with E-state index in [0.29, 0.717) is 32.1 Å². The Morgan fingerprint density at radius 1 is 0.574 bits per heavy atom. The van der Waals surface area contributed by atoms with Gasteiger partial charge in [0.25, 0.3) is 0 Å². The Labute approximate surface area is 559 Å². The molecule has 11 amide bonds. The highest BCUT2D eigenvalue weighted by Gasteiger charge is 2.52. The molecule has 0 aromatic rings. The van der Waals surface area contributed by atoms with Crippen LogP contribution in [0.15, 0.2) is 0 Å². The van der Waals surface area contributed by atoms with Gasteiger partial charge in [0.05, 0.1) is 12.5 Å². The first kappa shape index (κ1) is 75.6. The van der Waals surface area contributed by atoms with E-state index in [9.17, 15) is 56.3 Å². The van der Waals surface area contributed by atoms with Crippen LogP contribution in [-0.4, -0.2) is 226 Å². The van der Waals surface area contributed by atoms with Crippen molar-refractivity contribution >= 4 is 76.6 Å². The number of nitrogens with zero attached hydrogens (tertiary/aromatic N) is 7. The fourth-order valence-electron chi connectivity index (χ4n) is 16.0. The van der Waals surface area contributed by atoms with Crippen molar-refractivity contribution < 1.29 is 65.9 Å². The average molecular weight is 1350 g/mol. The van der Waals surface area contributed by atoms with E-state index in [2.05, 4.69) is 21.3 Å². The highest BCUT2D eigenvalue weighted by molar-refractivity contribution is 6.20. The molecule has 530 valence electrons. The van der Waals surface area contributed by atoms with Crippen molar-refractivity contribution in [2.24, 2.45) is 35.5 Å². The maximum absolute atomic E-state index is 15.1. The number of carbonyl (C=O) groups excluding carboxylic acids is 11. The molecule has 0 bridgehead atoms. The normalized spacial score (nSPS) is 32.1. The molecular weight excluding hydrogens is 1240 g/mol. The predicted octanol–water partition coefficient (Wildman–Crippen LogP) is 6.29. The van der Waals surface area contributed by atoms with Crippen LogP contribution in [0.3, 0.4) is 0 Å². The zero-order valence-electron chi connectivity index (χ0n) is 57.7. The molecule has 4 N–H and O–H groups in total. The molecule has 0 radical (unpaired) electrons. The van der Waals surface area contributed by atoms with Gasteiger partial charge in [0.1, 0.15) is 53.9 Å². The molecular formula is C68H109ClF3N11O11. The third-order valence-corrected chi connectivity index (χ3v) is 22.8. The van der Waals surface area contributed by atoms with Crippen molar-refractivity contribution in [3.05, 3.63) is 0 Å². The largest absolute Gasteiger partial charge is 0.393 e. The van der Waals surface area contributed by atoms with E-state index >= 15 is 9.59 Å². The van der Waals surface area contributed by atoms with Crippen LogP contribution in [0.25, 0.3) is 0 Å². The molecule has 1 spiro atoms. The summed E-state index contributed by atoms with van der Waals surface area (Å²) < 4.78 is 41.8. The standard InChI is InChI=1S/C68H109ClF3N11O11/c1-12-41(4)56-65(93)78(8)43(6)61(89)83-34-30-51(83)64(92)80(10)53(38-45-21-14-13-15-22-45)63(91)77(7)39-54(84)74-49(29-27-46-26-28-47(48(69)36-46)68(70,71)72)62(90)82-33-20-25-50(82)59(87)76-67(31-18-19-32-67)66(94)81(11)57(40(2)3)60(88)73-42(5)35-55(85)79(9)52(58(86)75-56)37-44-23-16-17-24-44/h40-53,56-57H,12-39H2,1-11H3,(H,73,88)(H,74,84)(H,75,86)(H,76,87)/t41-,42+,43-,46?,47?,48?,49-,50-,51-,52-,53-,56-,57-/m0/s1. The van der Waals surface area contributed by atoms with Crippen LogP contribution in [0, 0.1) is 35.5 Å². The van der Waals surface area contributed by atoms with E-state index in [1.165, 1.54) is 69.5 Å². The minimum Gasteiger partial charge on any atom is -0.351 e. The smallest absolute Gasteiger partial charge is 0.351 e. The van der Waals surface area contributed by atoms with Gasteiger partial charge < -0.3 is 55.6 Å². The molecule has 4 aliphatic carbocycles. The number of likely N-dealkylation sites (N-methyl/N-ethyl adjacent to an activating group) is 5. The van der Waals surface area contributed by atoms with Gasteiger partial charge in [-0.3, -0.25) is 52.7 Å². The van der Waals surface area contributed by atoms with Crippen molar-refractivity contribution in [1.82, 2.24) is 55.6 Å². The number of rotatable bonds is 10. The Morgan fingerprint density at radius 2 is 1.18 bits per heavy atom. The summed E-state index contributed by atoms with van der Waals surface area (Å²) >= 11 is 6.38. The van der Waals surface area contributed by atoms with Crippen LogP contribution in [0.2, 0.25) is 0 Å². The van der Waals surface area contributed by atoms with E-state index in [1.54, 1.807) is 27.7 Å². The van der Waals surface area contributed by atoms with Gasteiger partial charge in [0.2, 0.25) is 65.0 Å². The molecule has 22 nitrogen and oxygen atoms in total. The average Bonchev–Trinajstić information content (AvgIpc) is 1.24. The van der Waals surface area contributed by atoms with Crippen LogP contribution < -0.4 is 21.3 Å². The van der Waals surface area contributed by atoms with E-state index in [-0.39, 0.29) is 101 Å². The minimum atomic E-state index is -4.49. The Kier molecular flexibility index (Phi) is 26.5. The molecule has 7 rings (SSSR count). The summed E-state index contributed by atoms with van der Waals surface area (Å²) in [6.45, 7) is 10.2. The van der Waals surface area contributed by atoms with E-state index in [1.807, 2.05) is 13.8 Å². The van der Waals surface area contributed by atoms with E-state index < -0.39 is 161 Å². The van der Waals surface area contributed by atoms with Crippen molar-refractivity contribution in [3.63, 3.8) is 0 Å². The number of hydrogen-bond donors (Lipinski definition) is 4. The van der Waals surface area contributed by atoms with E-state index in [0.717, 1.165) is 57.8 Å². The van der Waals surface area contributed by atoms with Crippen molar-refractivity contribution in [2.45, 2.75) is 274 Å². The third kappa shape index (κ3) is 18.1. The Hall–Kier alpha value is -5.75. The van der Waals surface area contributed by atoms with Gasteiger partial charge in [-0.25, -0.2) is 0 Å². The van der Waals surface area contributed by atoms with Gasteiger partial charge in [-0.05, 0) is 120 Å². The third-order valence-electron chi connectivity index (χ3n) is 22.4. The number of halogens is 4. The fourth-order valence-corrected chi connectivity index (χ4v) is 16.5. The number of alkyl halides is 4. The summed E-state index contributed by atoms with van der Waals surface area (Å²) in [7, 11) is 7.44. The molecule has 3 heterocycles. The van der Waals surface area contributed by atoms with Gasteiger partial charge in [0.15, 0.2) is 0 Å². The van der Waals surface area contributed by atoms with Crippen LogP contribution in [0.4, 0.5) is 13.2 Å². The zero-order valence-corrected chi connectivity index (χ0v) is 58.4. The topological polar surface area (TPSA) is 259 Å². The lowest BCUT2D eigenvalue weighted by Gasteiger charge is -2.45. The first-order valence-corrected chi connectivity index (χ1v) is 35.6. The monoisotopic (exact) mass is 1350 g/mol. The summed E-state index contributed by atoms with van der Waals surface area (Å²) in [5.41, 5.74) is -1.47. The molecule has 3 unspecified atom stereocenters. The molecule has 4 saturated carbocycles. The second-order valence-corrected chi connectivity index (χ2v) is 29.9. The Morgan fingerprint density at radius 3 is 1.76 bits per heavy atom. The Balaban J connectivity index is 1.22. The number of fused-ring (bicyclic) bond motifs is 2. The Bertz CT molecular complexity index is 2730. The maximum Gasteiger partial charge on any atom is 0.393 e. The van der Waals surface area contributed by atoms with Crippen LogP contribution in [0.1, 0.15) is 202 Å². The first-order valence-electron chi connectivity index (χ1n) is 35.2. The molecule has 94 heavy (non-hydrogen) atoms. The summed E-state index contributed by atoms with van der Waals surface area (Å²) in [5.74, 6) is -8.94. The van der Waals surface area contributed by atoms with Crippen molar-refractivity contribution in [3.8, 4) is 0 Å². The van der Waals surface area contributed by atoms with Crippen LogP contribution >= 0.6 is 11.6 Å². The van der Waals surface area contributed by atoms with Crippen molar-refractivity contribution in [1.29, 1.82) is 0 Å². The molecule has 26 heteroatoms. The molecule has 3 aliphatic heterocycles. The molecule has 7 fully saturated rings. The van der Waals surface area contributed by atoms with Gasteiger partial charge in [-0.15, -0.1) is 11.6 Å². The second kappa shape index (κ2) is 33.0. The highest BCUT2D eigenvalue weighted by Crippen LogP contribution is 2.44. The minimum absolute atomic E-state index is 0.0181. The number of amides is 11. The number of hydrogen-bond acceptors (Lipinski definition) is 11. The van der Waals surface area contributed by atoms with Crippen molar-refractivity contribution in [2.75, 3.05) is 54.9 Å². The van der Waals surface area contributed by atoms with Gasteiger partial charge >= 0.3 is 6.18 Å². The van der Waals surface area contributed by atoms with Gasteiger partial charge in [-0.2, -0.15) is 13.2 Å². The van der Waals surface area contributed by atoms with Gasteiger partial charge in [0, 0.05) is 66.2 Å². The summed E-state index contributed by atoms with van der Waals surface area (Å²) in [6, 6.07) is -9.58. The summed E-state index contributed by atoms with van der Waals surface area (Å²) in [5, 5.41) is 10.6. The molecule has 13 atom stereocenters. The maximum atomic E-state index is 15.1. The molecule has 0 aromatic heterocycles. The molecule has 3 saturated heterocycles. The fraction of sp³-hybridized carbons (Fsp3) is 0.838. The number of carbonyl (C=O) groups is 11. The first-order chi connectivity index (χ1) is 44.3. The van der Waals surface area contributed by atoms with Crippen LogP contribution in [0.5, 0.6) is 0 Å². The van der Waals surface area contributed by atoms with E-state index in [4.69, 9.17) is 11.6 Å². The SMILES string of the molecule is CC[C@H](C)[C@@H]1NC(=O)[C@H](CC2CCCC2)N(C)C(=O)C[C@@H](C)NC(=O)[C@H](C(C)C)N(C)C(=O)C2(CCCC2)NC(=O)[C@@H]2CCCN2C(=O)[C@H](CCC2CCC(C(F)(F)F)C(Cl)C2)NC(=O)CN(C)C(=O)[C@H](CC2CCCCC2)N(C)C(=O)[C@@H]2CCN2C(=O)[C@H](C)N(C)C1=O. The highest BCUT2D eigenvalue weighted by atomic mass is 35.5. The zero-order chi connectivity index (χ0) is 69.3. The number of nitrogens with one attached hydrogen (secondary N) is 4.